The molecule has 0 amide bonds. The van der Waals surface area contributed by atoms with Crippen LogP contribution in [0.15, 0.2) is 24.3 Å². The molecule has 2 saturated carbocycles. The molecule has 2 aliphatic rings. The first-order valence-electron chi connectivity index (χ1n) is 7.36. The Hall–Kier alpha value is -1.06. The lowest BCUT2D eigenvalue weighted by molar-refractivity contribution is -0.157. The molecule has 3 rings (SSSR count). The van der Waals surface area contributed by atoms with Crippen LogP contribution >= 0.6 is 0 Å². The molecule has 0 aromatic heterocycles. The maximum Gasteiger partial charge on any atom is 0.0682 e. The molecule has 19 heavy (non-hydrogen) atoms. The average Bonchev–Trinajstić information content (AvgIpc) is 2.36. The van der Waals surface area contributed by atoms with Crippen LogP contribution in [-0.4, -0.2) is 23.9 Å². The molecule has 0 heterocycles. The van der Waals surface area contributed by atoms with Gasteiger partial charge in [-0.3, -0.25) is 0 Å². The summed E-state index contributed by atoms with van der Waals surface area (Å²) in [6, 6.07) is 8.61. The van der Waals surface area contributed by atoms with Crippen molar-refractivity contribution in [1.29, 1.82) is 0 Å². The Kier molecular flexibility index (Phi) is 3.50. The molecule has 2 fully saturated rings. The van der Waals surface area contributed by atoms with Crippen molar-refractivity contribution in [2.75, 3.05) is 11.9 Å². The first-order chi connectivity index (χ1) is 9.28. The van der Waals surface area contributed by atoms with E-state index in [1.165, 1.54) is 19.3 Å². The predicted molar refractivity (Wildman–Crippen MR) is 76.1 cm³/mol. The Morgan fingerprint density at radius 3 is 2.89 bits per heavy atom. The van der Waals surface area contributed by atoms with E-state index in [0.29, 0.717) is 17.6 Å². The van der Waals surface area contributed by atoms with Gasteiger partial charge in [-0.2, -0.15) is 0 Å². The predicted octanol–water partition coefficient (Wildman–Crippen LogP) is 2.94. The smallest absolute Gasteiger partial charge is 0.0682 e. The molecule has 2 atom stereocenters. The molecule has 0 unspecified atom stereocenters. The highest BCUT2D eigenvalue weighted by Crippen LogP contribution is 2.58. The van der Waals surface area contributed by atoms with E-state index < -0.39 is 0 Å². The highest BCUT2D eigenvalue weighted by molar-refractivity contribution is 5.48. The molecule has 0 radical (unpaired) electrons. The lowest BCUT2D eigenvalue weighted by Crippen LogP contribution is -2.64. The quantitative estimate of drug-likeness (QED) is 0.856. The molecule has 3 nitrogen and oxygen atoms in total. The van der Waals surface area contributed by atoms with E-state index in [9.17, 15) is 5.11 Å². The lowest BCUT2D eigenvalue weighted by atomic mass is 9.51. The summed E-state index contributed by atoms with van der Waals surface area (Å²) in [5, 5.41) is 12.8. The Bertz CT molecular complexity index is 442. The highest BCUT2D eigenvalue weighted by atomic mass is 16.5. The van der Waals surface area contributed by atoms with Crippen LogP contribution in [0.25, 0.3) is 0 Å². The zero-order valence-corrected chi connectivity index (χ0v) is 11.6. The van der Waals surface area contributed by atoms with Crippen LogP contribution in [-0.2, 0) is 11.3 Å². The van der Waals surface area contributed by atoms with E-state index in [0.717, 1.165) is 24.3 Å². The van der Waals surface area contributed by atoms with Crippen molar-refractivity contribution in [3.8, 4) is 0 Å². The van der Waals surface area contributed by atoms with Crippen molar-refractivity contribution in [1.82, 2.24) is 0 Å². The second-order valence-electron chi connectivity index (χ2n) is 5.82. The van der Waals surface area contributed by atoms with E-state index >= 15 is 0 Å². The van der Waals surface area contributed by atoms with Crippen LogP contribution < -0.4 is 5.32 Å². The average molecular weight is 261 g/mol. The van der Waals surface area contributed by atoms with Gasteiger partial charge in [0, 0.05) is 23.8 Å². The molecule has 2 N–H and O–H groups in total. The fourth-order valence-corrected chi connectivity index (χ4v) is 3.60. The molecule has 0 bridgehead atoms. The maximum absolute atomic E-state index is 9.19. The van der Waals surface area contributed by atoms with Gasteiger partial charge >= 0.3 is 0 Å². The molecule has 0 saturated heterocycles. The van der Waals surface area contributed by atoms with Crippen molar-refractivity contribution in [3.05, 3.63) is 29.8 Å². The van der Waals surface area contributed by atoms with Gasteiger partial charge in [0.25, 0.3) is 0 Å². The van der Waals surface area contributed by atoms with E-state index in [2.05, 4.69) is 18.3 Å². The number of ether oxygens (including phenoxy) is 1. The SMILES string of the molecule is CCO[C@H]1C[C@H](Nc2cccc(CO)c2)C12CCC2. The van der Waals surface area contributed by atoms with E-state index in [4.69, 9.17) is 4.74 Å². The largest absolute Gasteiger partial charge is 0.392 e. The first kappa shape index (κ1) is 12.9. The van der Waals surface area contributed by atoms with Crippen LogP contribution in [0.1, 0.15) is 38.2 Å². The van der Waals surface area contributed by atoms with Gasteiger partial charge in [0.2, 0.25) is 0 Å². The van der Waals surface area contributed by atoms with E-state index in [1.54, 1.807) is 0 Å². The van der Waals surface area contributed by atoms with Crippen molar-refractivity contribution < 1.29 is 9.84 Å². The fourth-order valence-electron chi connectivity index (χ4n) is 3.60. The normalized spacial score (nSPS) is 27.7. The fraction of sp³-hybridized carbons (Fsp3) is 0.625. The minimum atomic E-state index is 0.104. The number of benzene rings is 1. The van der Waals surface area contributed by atoms with Crippen molar-refractivity contribution in [2.24, 2.45) is 5.41 Å². The van der Waals surface area contributed by atoms with E-state index in [-0.39, 0.29) is 6.61 Å². The Morgan fingerprint density at radius 2 is 2.26 bits per heavy atom. The number of aliphatic hydroxyl groups is 1. The zero-order chi connectivity index (χ0) is 13.3. The number of hydrogen-bond acceptors (Lipinski definition) is 3. The Balaban J connectivity index is 1.67. The summed E-state index contributed by atoms with van der Waals surface area (Å²) in [5.74, 6) is 0. The van der Waals surface area contributed by atoms with Gasteiger partial charge in [0.1, 0.15) is 0 Å². The van der Waals surface area contributed by atoms with Crippen LogP contribution in [0, 0.1) is 5.41 Å². The van der Waals surface area contributed by atoms with E-state index in [1.807, 2.05) is 18.2 Å². The Labute approximate surface area is 115 Å². The standard InChI is InChI=1S/C16H23NO2/c1-2-19-15-10-14(16(15)7-4-8-16)17-13-6-3-5-12(9-13)11-18/h3,5-6,9,14-15,17-18H,2,4,7-8,10-11H2,1H3/t14-,15-/m0/s1. The maximum atomic E-state index is 9.19. The molecule has 1 spiro atoms. The number of anilines is 1. The number of aliphatic hydroxyl groups excluding tert-OH is 1. The van der Waals surface area contributed by atoms with Crippen LogP contribution in [0.4, 0.5) is 5.69 Å². The van der Waals surface area contributed by atoms with Gasteiger partial charge in [-0.1, -0.05) is 18.6 Å². The third-order valence-corrected chi connectivity index (χ3v) is 4.89. The number of rotatable bonds is 5. The second kappa shape index (κ2) is 5.14. The highest BCUT2D eigenvalue weighted by Gasteiger charge is 2.58. The Morgan fingerprint density at radius 1 is 1.42 bits per heavy atom. The third kappa shape index (κ3) is 2.15. The topological polar surface area (TPSA) is 41.5 Å². The molecule has 2 aliphatic carbocycles. The van der Waals surface area contributed by atoms with Crippen molar-refractivity contribution in [3.63, 3.8) is 0 Å². The molecule has 3 heteroatoms. The summed E-state index contributed by atoms with van der Waals surface area (Å²) >= 11 is 0. The summed E-state index contributed by atoms with van der Waals surface area (Å²) in [5.41, 5.74) is 2.47. The summed E-state index contributed by atoms with van der Waals surface area (Å²) < 4.78 is 5.87. The zero-order valence-electron chi connectivity index (χ0n) is 11.6. The van der Waals surface area contributed by atoms with Gasteiger partial charge in [0.15, 0.2) is 0 Å². The molecule has 1 aromatic carbocycles. The third-order valence-electron chi connectivity index (χ3n) is 4.89. The van der Waals surface area contributed by atoms with Gasteiger partial charge < -0.3 is 15.2 Å². The van der Waals surface area contributed by atoms with Crippen LogP contribution in [0.5, 0.6) is 0 Å². The van der Waals surface area contributed by atoms with Crippen LogP contribution in [0.3, 0.4) is 0 Å². The van der Waals surface area contributed by atoms with Crippen LogP contribution in [0.2, 0.25) is 0 Å². The van der Waals surface area contributed by atoms with Crippen molar-refractivity contribution in [2.45, 2.75) is 51.4 Å². The lowest BCUT2D eigenvalue weighted by Gasteiger charge is -2.61. The first-order valence-corrected chi connectivity index (χ1v) is 7.36. The van der Waals surface area contributed by atoms with Gasteiger partial charge in [0.05, 0.1) is 12.7 Å². The molecular formula is C16H23NO2. The minimum Gasteiger partial charge on any atom is -0.392 e. The molecular weight excluding hydrogens is 238 g/mol. The number of hydrogen-bond donors (Lipinski definition) is 2. The summed E-state index contributed by atoms with van der Waals surface area (Å²) in [4.78, 5) is 0. The van der Waals surface area contributed by atoms with Gasteiger partial charge in [-0.25, -0.2) is 0 Å². The summed E-state index contributed by atoms with van der Waals surface area (Å²) in [6.07, 6.45) is 5.46. The molecule has 0 aliphatic heterocycles. The number of nitrogens with one attached hydrogen (secondary N) is 1. The molecule has 1 aromatic rings. The molecule has 104 valence electrons. The monoisotopic (exact) mass is 261 g/mol. The van der Waals surface area contributed by atoms with Crippen molar-refractivity contribution >= 4 is 5.69 Å². The van der Waals surface area contributed by atoms with Gasteiger partial charge in [-0.05, 0) is 43.9 Å². The summed E-state index contributed by atoms with van der Waals surface area (Å²) in [6.45, 7) is 3.00. The minimum absolute atomic E-state index is 0.104. The summed E-state index contributed by atoms with van der Waals surface area (Å²) in [7, 11) is 0. The van der Waals surface area contributed by atoms with Gasteiger partial charge in [-0.15, -0.1) is 0 Å². The second-order valence-corrected chi connectivity index (χ2v) is 5.82.